The van der Waals surface area contributed by atoms with Crippen LogP contribution in [0.4, 0.5) is 11.4 Å². The van der Waals surface area contributed by atoms with Crippen molar-refractivity contribution in [1.29, 1.82) is 0 Å². The SMILES string of the molecule is CSc1ccccc1NC(=O)[C@H](C)Nc1ccc(-c2ccccc2)cc1. The number of carbonyl (C=O) groups is 1. The van der Waals surface area contributed by atoms with Crippen molar-refractivity contribution in [2.24, 2.45) is 0 Å². The Bertz CT molecular complexity index is 863. The van der Waals surface area contributed by atoms with Gasteiger partial charge in [-0.15, -0.1) is 11.8 Å². The van der Waals surface area contributed by atoms with Crippen LogP contribution in [0.2, 0.25) is 0 Å². The lowest BCUT2D eigenvalue weighted by Gasteiger charge is -2.17. The largest absolute Gasteiger partial charge is 0.374 e. The third-order valence-corrected chi connectivity index (χ3v) is 4.93. The fourth-order valence-electron chi connectivity index (χ4n) is 2.69. The van der Waals surface area contributed by atoms with Crippen LogP contribution in [-0.2, 0) is 4.79 Å². The summed E-state index contributed by atoms with van der Waals surface area (Å²) in [5, 5.41) is 6.26. The summed E-state index contributed by atoms with van der Waals surface area (Å²) in [6.45, 7) is 1.86. The van der Waals surface area contributed by atoms with Gasteiger partial charge in [-0.3, -0.25) is 4.79 Å². The van der Waals surface area contributed by atoms with Crippen LogP contribution in [0, 0.1) is 0 Å². The first kappa shape index (κ1) is 18.1. The molecule has 3 aromatic rings. The number of thioether (sulfide) groups is 1. The van der Waals surface area contributed by atoms with Gasteiger partial charge in [0.2, 0.25) is 5.91 Å². The first-order chi connectivity index (χ1) is 12.7. The van der Waals surface area contributed by atoms with Gasteiger partial charge in [-0.05, 0) is 48.6 Å². The number of amides is 1. The zero-order valence-corrected chi connectivity index (χ0v) is 15.7. The summed E-state index contributed by atoms with van der Waals surface area (Å²) in [4.78, 5) is 13.5. The molecule has 1 atom stereocenters. The van der Waals surface area contributed by atoms with E-state index in [9.17, 15) is 4.79 Å². The van der Waals surface area contributed by atoms with Crippen LogP contribution < -0.4 is 10.6 Å². The molecule has 0 aliphatic heterocycles. The molecule has 0 aliphatic carbocycles. The average molecular weight is 362 g/mol. The van der Waals surface area contributed by atoms with Gasteiger partial charge < -0.3 is 10.6 Å². The highest BCUT2D eigenvalue weighted by molar-refractivity contribution is 7.98. The normalized spacial score (nSPS) is 11.6. The Morgan fingerprint density at radius 3 is 2.15 bits per heavy atom. The topological polar surface area (TPSA) is 41.1 Å². The van der Waals surface area contributed by atoms with E-state index in [0.29, 0.717) is 0 Å². The van der Waals surface area contributed by atoms with Crippen molar-refractivity contribution >= 4 is 29.0 Å². The average Bonchev–Trinajstić information content (AvgIpc) is 2.69. The summed E-state index contributed by atoms with van der Waals surface area (Å²) in [6, 6.07) is 25.8. The van der Waals surface area contributed by atoms with Crippen LogP contribution in [0.25, 0.3) is 11.1 Å². The Morgan fingerprint density at radius 2 is 1.46 bits per heavy atom. The Kier molecular flexibility index (Phi) is 5.97. The number of hydrogen-bond acceptors (Lipinski definition) is 3. The van der Waals surface area contributed by atoms with Crippen molar-refractivity contribution in [3.63, 3.8) is 0 Å². The highest BCUT2D eigenvalue weighted by Gasteiger charge is 2.14. The highest BCUT2D eigenvalue weighted by Crippen LogP contribution is 2.25. The van der Waals surface area contributed by atoms with Crippen LogP contribution in [0.3, 0.4) is 0 Å². The van der Waals surface area contributed by atoms with E-state index in [1.807, 2.05) is 67.8 Å². The summed E-state index contributed by atoms with van der Waals surface area (Å²) in [5.74, 6) is -0.0568. The Labute approximate surface area is 158 Å². The molecule has 0 spiro atoms. The molecule has 0 saturated carbocycles. The number of hydrogen-bond donors (Lipinski definition) is 2. The van der Waals surface area contributed by atoms with E-state index in [-0.39, 0.29) is 11.9 Å². The van der Waals surface area contributed by atoms with Crippen molar-refractivity contribution in [2.75, 3.05) is 16.9 Å². The summed E-state index contributed by atoms with van der Waals surface area (Å²) in [5.41, 5.74) is 4.10. The standard InChI is InChI=1S/C22H22N2OS/c1-16(22(25)24-20-10-6-7-11-21(20)26-2)23-19-14-12-18(13-15-19)17-8-4-3-5-9-17/h3-16,23H,1-2H3,(H,24,25)/t16-/m0/s1. The minimum Gasteiger partial charge on any atom is -0.374 e. The van der Waals surface area contributed by atoms with Gasteiger partial charge in [-0.2, -0.15) is 0 Å². The van der Waals surface area contributed by atoms with Crippen molar-refractivity contribution in [3.05, 3.63) is 78.9 Å². The molecule has 0 saturated heterocycles. The fourth-order valence-corrected chi connectivity index (χ4v) is 3.25. The first-order valence-electron chi connectivity index (χ1n) is 8.53. The van der Waals surface area contributed by atoms with Gasteiger partial charge in [-0.1, -0.05) is 54.6 Å². The van der Waals surface area contributed by atoms with Gasteiger partial charge in [0.15, 0.2) is 0 Å². The predicted molar refractivity (Wildman–Crippen MR) is 112 cm³/mol. The van der Waals surface area contributed by atoms with Crippen LogP contribution in [-0.4, -0.2) is 18.2 Å². The molecular formula is C22H22N2OS. The smallest absolute Gasteiger partial charge is 0.246 e. The van der Waals surface area contributed by atoms with Crippen molar-refractivity contribution < 1.29 is 4.79 Å². The Morgan fingerprint density at radius 1 is 0.846 bits per heavy atom. The molecule has 4 heteroatoms. The zero-order chi connectivity index (χ0) is 18.4. The van der Waals surface area contributed by atoms with Crippen LogP contribution in [0.1, 0.15) is 6.92 Å². The summed E-state index contributed by atoms with van der Waals surface area (Å²) < 4.78 is 0. The van der Waals surface area contributed by atoms with Gasteiger partial charge in [0.05, 0.1) is 5.69 Å². The van der Waals surface area contributed by atoms with Gasteiger partial charge in [-0.25, -0.2) is 0 Å². The number of para-hydroxylation sites is 1. The molecule has 0 fully saturated rings. The monoisotopic (exact) mass is 362 g/mol. The molecule has 1 amide bonds. The maximum Gasteiger partial charge on any atom is 0.246 e. The molecule has 0 aliphatic rings. The van der Waals surface area contributed by atoms with Gasteiger partial charge in [0, 0.05) is 10.6 Å². The van der Waals surface area contributed by atoms with E-state index in [1.165, 1.54) is 5.56 Å². The van der Waals surface area contributed by atoms with E-state index in [1.54, 1.807) is 11.8 Å². The number of nitrogens with one attached hydrogen (secondary N) is 2. The van der Waals surface area contributed by atoms with Crippen molar-refractivity contribution in [1.82, 2.24) is 0 Å². The maximum absolute atomic E-state index is 12.5. The minimum atomic E-state index is -0.340. The molecule has 0 aromatic heterocycles. The lowest BCUT2D eigenvalue weighted by Crippen LogP contribution is -2.32. The first-order valence-corrected chi connectivity index (χ1v) is 9.76. The van der Waals surface area contributed by atoms with Crippen molar-refractivity contribution in [2.45, 2.75) is 17.9 Å². The third-order valence-electron chi connectivity index (χ3n) is 4.13. The quantitative estimate of drug-likeness (QED) is 0.568. The zero-order valence-electron chi connectivity index (χ0n) is 14.9. The van der Waals surface area contributed by atoms with Crippen LogP contribution in [0.5, 0.6) is 0 Å². The number of benzene rings is 3. The molecule has 0 bridgehead atoms. The second-order valence-electron chi connectivity index (χ2n) is 6.00. The molecule has 26 heavy (non-hydrogen) atoms. The van der Waals surface area contributed by atoms with E-state index in [2.05, 4.69) is 34.9 Å². The van der Waals surface area contributed by atoms with Gasteiger partial charge in [0.25, 0.3) is 0 Å². The summed E-state index contributed by atoms with van der Waals surface area (Å²) in [7, 11) is 0. The van der Waals surface area contributed by atoms with Crippen LogP contribution >= 0.6 is 11.8 Å². The molecule has 3 aromatic carbocycles. The highest BCUT2D eigenvalue weighted by atomic mass is 32.2. The maximum atomic E-state index is 12.5. The summed E-state index contributed by atoms with van der Waals surface area (Å²) >= 11 is 1.62. The van der Waals surface area contributed by atoms with E-state index in [4.69, 9.17) is 0 Å². The number of anilines is 2. The molecule has 132 valence electrons. The van der Waals surface area contributed by atoms with E-state index >= 15 is 0 Å². The molecule has 3 nitrogen and oxygen atoms in total. The lowest BCUT2D eigenvalue weighted by atomic mass is 10.1. The molecule has 2 N–H and O–H groups in total. The second-order valence-corrected chi connectivity index (χ2v) is 6.85. The number of rotatable bonds is 6. The van der Waals surface area contributed by atoms with E-state index < -0.39 is 0 Å². The Hall–Kier alpha value is -2.72. The molecule has 3 rings (SSSR count). The van der Waals surface area contributed by atoms with Gasteiger partial charge >= 0.3 is 0 Å². The predicted octanol–water partition coefficient (Wildman–Crippen LogP) is 5.51. The molecule has 0 unspecified atom stereocenters. The molecule has 0 radical (unpaired) electrons. The fraction of sp³-hybridized carbons (Fsp3) is 0.136. The van der Waals surface area contributed by atoms with Gasteiger partial charge in [0.1, 0.15) is 6.04 Å². The number of carbonyl (C=O) groups excluding carboxylic acids is 1. The summed E-state index contributed by atoms with van der Waals surface area (Å²) in [6.07, 6.45) is 2.00. The minimum absolute atomic E-state index is 0.0568. The van der Waals surface area contributed by atoms with Crippen LogP contribution in [0.15, 0.2) is 83.8 Å². The second kappa shape index (κ2) is 8.59. The molecule has 0 heterocycles. The molecular weight excluding hydrogens is 340 g/mol. The lowest BCUT2D eigenvalue weighted by molar-refractivity contribution is -0.116. The third kappa shape index (κ3) is 4.46. The van der Waals surface area contributed by atoms with Crippen molar-refractivity contribution in [3.8, 4) is 11.1 Å². The Balaban J connectivity index is 1.64. The van der Waals surface area contributed by atoms with E-state index in [0.717, 1.165) is 21.8 Å².